The van der Waals surface area contributed by atoms with Gasteiger partial charge in [-0.3, -0.25) is 4.68 Å². The maximum Gasteiger partial charge on any atom is 0.228 e. The number of aromatic nitrogens is 5. The second-order valence-corrected chi connectivity index (χ2v) is 9.05. The van der Waals surface area contributed by atoms with E-state index in [4.69, 9.17) is 14.7 Å². The highest BCUT2D eigenvalue weighted by molar-refractivity contribution is 5.92. The van der Waals surface area contributed by atoms with Crippen LogP contribution in [0.4, 0.5) is 14.7 Å². The number of ether oxygens (including phenoxy) is 1. The Labute approximate surface area is 195 Å². The van der Waals surface area contributed by atoms with Crippen LogP contribution >= 0.6 is 0 Å². The molecule has 4 aromatic rings. The molecular weight excluding hydrogens is 438 g/mol. The van der Waals surface area contributed by atoms with Crippen molar-refractivity contribution in [3.8, 4) is 11.3 Å². The van der Waals surface area contributed by atoms with Gasteiger partial charge in [0.1, 0.15) is 17.7 Å². The molecule has 34 heavy (non-hydrogen) atoms. The number of benzene rings is 1. The number of hydrogen-bond acceptors (Lipinski definition) is 6. The quantitative estimate of drug-likeness (QED) is 0.438. The van der Waals surface area contributed by atoms with Crippen molar-refractivity contribution >= 4 is 17.0 Å². The minimum Gasteiger partial charge on any atom is -0.370 e. The molecule has 4 heterocycles. The number of nitrogens with zero attached hydrogens (tertiary/aromatic N) is 6. The Morgan fingerprint density at radius 2 is 1.91 bits per heavy atom. The number of pyridine rings is 1. The van der Waals surface area contributed by atoms with Crippen LogP contribution in [0.25, 0.3) is 22.3 Å². The molecule has 1 aromatic carbocycles. The molecule has 1 aliphatic carbocycles. The first kappa shape index (κ1) is 21.1. The summed E-state index contributed by atoms with van der Waals surface area (Å²) in [7, 11) is 0. The zero-order valence-corrected chi connectivity index (χ0v) is 19.0. The van der Waals surface area contributed by atoms with Crippen molar-refractivity contribution in [2.24, 2.45) is 0 Å². The summed E-state index contributed by atoms with van der Waals surface area (Å²) in [6.45, 7) is 5.49. The standard InChI is InChI=1S/C25H24F2N6O/c1-14-9-20-23(19-6-3-17(26)10-21(19)27)30-25(31-24(20)29-15(14)2)32-7-8-34-22(13-32)16-11-28-33(12-16)18-4-5-18/h3,6,9-12,18,22H,4-5,7-8,13H2,1-2H3/t22-/m1/s1. The van der Waals surface area contributed by atoms with Crippen LogP contribution in [-0.4, -0.2) is 44.4 Å². The topological polar surface area (TPSA) is 69.0 Å². The first-order chi connectivity index (χ1) is 16.5. The average Bonchev–Trinajstić information content (AvgIpc) is 3.56. The number of hydrogen-bond donors (Lipinski definition) is 0. The number of fused-ring (bicyclic) bond motifs is 1. The van der Waals surface area contributed by atoms with E-state index in [1.165, 1.54) is 12.1 Å². The van der Waals surface area contributed by atoms with Crippen LogP contribution in [0.3, 0.4) is 0 Å². The lowest BCUT2D eigenvalue weighted by atomic mass is 10.1. The van der Waals surface area contributed by atoms with Gasteiger partial charge >= 0.3 is 0 Å². The van der Waals surface area contributed by atoms with Crippen molar-refractivity contribution in [3.05, 3.63) is 65.1 Å². The number of halogens is 2. The van der Waals surface area contributed by atoms with Gasteiger partial charge in [0.2, 0.25) is 5.95 Å². The predicted octanol–water partition coefficient (Wildman–Crippen LogP) is 4.70. The van der Waals surface area contributed by atoms with Crippen molar-refractivity contribution in [2.45, 2.75) is 38.8 Å². The van der Waals surface area contributed by atoms with E-state index < -0.39 is 11.6 Å². The average molecular weight is 463 g/mol. The monoisotopic (exact) mass is 462 g/mol. The molecule has 2 fully saturated rings. The zero-order valence-electron chi connectivity index (χ0n) is 19.0. The maximum atomic E-state index is 14.8. The lowest BCUT2D eigenvalue weighted by Gasteiger charge is -2.32. The van der Waals surface area contributed by atoms with Gasteiger partial charge in [-0.05, 0) is 50.5 Å². The summed E-state index contributed by atoms with van der Waals surface area (Å²) in [4.78, 5) is 16.2. The second kappa shape index (κ2) is 8.09. The van der Waals surface area contributed by atoms with E-state index in [-0.39, 0.29) is 11.7 Å². The number of morpholine rings is 1. The van der Waals surface area contributed by atoms with Crippen molar-refractivity contribution in [3.63, 3.8) is 0 Å². The van der Waals surface area contributed by atoms with E-state index in [9.17, 15) is 8.78 Å². The fraction of sp³-hybridized carbons (Fsp3) is 0.360. The van der Waals surface area contributed by atoms with Crippen LogP contribution in [0.15, 0.2) is 36.7 Å². The van der Waals surface area contributed by atoms with Gasteiger partial charge in [0.05, 0.1) is 31.1 Å². The highest BCUT2D eigenvalue weighted by Crippen LogP contribution is 2.36. The Bertz CT molecular complexity index is 1400. The van der Waals surface area contributed by atoms with Gasteiger partial charge in [0.25, 0.3) is 0 Å². The highest BCUT2D eigenvalue weighted by atomic mass is 19.1. The van der Waals surface area contributed by atoms with Crippen molar-refractivity contribution in [1.29, 1.82) is 0 Å². The van der Waals surface area contributed by atoms with Gasteiger partial charge in [0, 0.05) is 41.0 Å². The molecule has 0 N–H and O–H groups in total. The second-order valence-electron chi connectivity index (χ2n) is 9.05. The number of rotatable bonds is 4. The third-order valence-electron chi connectivity index (χ3n) is 6.57. The minimum absolute atomic E-state index is 0.167. The first-order valence-corrected chi connectivity index (χ1v) is 11.5. The highest BCUT2D eigenvalue weighted by Gasteiger charge is 2.29. The third-order valence-corrected chi connectivity index (χ3v) is 6.57. The molecule has 1 aliphatic heterocycles. The Balaban J connectivity index is 1.41. The number of aryl methyl sites for hydroxylation is 2. The van der Waals surface area contributed by atoms with E-state index in [1.54, 1.807) is 0 Å². The molecule has 9 heteroatoms. The largest absolute Gasteiger partial charge is 0.370 e. The molecule has 7 nitrogen and oxygen atoms in total. The van der Waals surface area contributed by atoms with Crippen LogP contribution < -0.4 is 4.90 Å². The van der Waals surface area contributed by atoms with Gasteiger partial charge in [-0.25, -0.2) is 18.7 Å². The van der Waals surface area contributed by atoms with Gasteiger partial charge < -0.3 is 9.64 Å². The Hall–Kier alpha value is -3.46. The molecule has 0 bridgehead atoms. The molecule has 1 saturated heterocycles. The summed E-state index contributed by atoms with van der Waals surface area (Å²) < 4.78 is 36.5. The molecule has 0 amide bonds. The summed E-state index contributed by atoms with van der Waals surface area (Å²) in [5.41, 5.74) is 3.92. The molecule has 174 valence electrons. The summed E-state index contributed by atoms with van der Waals surface area (Å²) in [5.74, 6) is -0.853. The van der Waals surface area contributed by atoms with Gasteiger partial charge in [-0.15, -0.1) is 0 Å². The lowest BCUT2D eigenvalue weighted by molar-refractivity contribution is 0.0392. The third kappa shape index (κ3) is 3.79. The number of anilines is 1. The summed E-state index contributed by atoms with van der Waals surface area (Å²) in [6, 6.07) is 5.94. The van der Waals surface area contributed by atoms with Crippen molar-refractivity contribution in [1.82, 2.24) is 24.7 Å². The first-order valence-electron chi connectivity index (χ1n) is 11.5. The maximum absolute atomic E-state index is 14.8. The molecule has 1 saturated carbocycles. The van der Waals surface area contributed by atoms with Gasteiger partial charge in [-0.1, -0.05) is 0 Å². The van der Waals surface area contributed by atoms with Crippen molar-refractivity contribution in [2.75, 3.05) is 24.6 Å². The van der Waals surface area contributed by atoms with Crippen LogP contribution in [0.2, 0.25) is 0 Å². The molecule has 0 spiro atoms. The lowest BCUT2D eigenvalue weighted by Crippen LogP contribution is -2.39. The van der Waals surface area contributed by atoms with Gasteiger partial charge in [0.15, 0.2) is 5.65 Å². The molecule has 3 aromatic heterocycles. The van der Waals surface area contributed by atoms with Gasteiger partial charge in [-0.2, -0.15) is 10.1 Å². The fourth-order valence-corrected chi connectivity index (χ4v) is 4.35. The van der Waals surface area contributed by atoms with E-state index in [0.717, 1.165) is 35.7 Å². The fourth-order valence-electron chi connectivity index (χ4n) is 4.35. The minimum atomic E-state index is -0.670. The molecule has 1 atom stereocenters. The van der Waals surface area contributed by atoms with E-state index in [2.05, 4.69) is 16.3 Å². The summed E-state index contributed by atoms with van der Waals surface area (Å²) >= 11 is 0. The molecular formula is C25H24F2N6O. The molecule has 0 radical (unpaired) electrons. The smallest absolute Gasteiger partial charge is 0.228 e. The molecule has 2 aliphatic rings. The van der Waals surface area contributed by atoms with Crippen LogP contribution in [-0.2, 0) is 4.74 Å². The molecule has 0 unspecified atom stereocenters. The van der Waals surface area contributed by atoms with Crippen molar-refractivity contribution < 1.29 is 13.5 Å². The van der Waals surface area contributed by atoms with E-state index in [1.807, 2.05) is 35.7 Å². The Morgan fingerprint density at radius 1 is 1.06 bits per heavy atom. The normalized spacial score (nSPS) is 18.6. The Kier molecular flexibility index (Phi) is 5.02. The Morgan fingerprint density at radius 3 is 2.71 bits per heavy atom. The molecule has 6 rings (SSSR count). The predicted molar refractivity (Wildman–Crippen MR) is 124 cm³/mol. The summed E-state index contributed by atoms with van der Waals surface area (Å²) in [5, 5.41) is 5.12. The van der Waals surface area contributed by atoms with Crippen LogP contribution in [0, 0.1) is 25.5 Å². The van der Waals surface area contributed by atoms with Crippen LogP contribution in [0.5, 0.6) is 0 Å². The van der Waals surface area contributed by atoms with E-state index >= 15 is 0 Å². The zero-order chi connectivity index (χ0) is 23.4. The van der Waals surface area contributed by atoms with Crippen LogP contribution in [0.1, 0.15) is 41.8 Å². The summed E-state index contributed by atoms with van der Waals surface area (Å²) in [6.07, 6.45) is 6.08. The SMILES string of the molecule is Cc1cc2c(-c3ccc(F)cc3F)nc(N3CCO[C@@H](c4cnn(C5CC5)c4)C3)nc2nc1C. The van der Waals surface area contributed by atoms with E-state index in [0.29, 0.717) is 48.4 Å².